The number of aromatic nitrogens is 4. The van der Waals surface area contributed by atoms with Gasteiger partial charge in [-0.1, -0.05) is 36.9 Å². The molecule has 2 aromatic carbocycles. The third-order valence-corrected chi connectivity index (χ3v) is 7.18. The summed E-state index contributed by atoms with van der Waals surface area (Å²) >= 11 is 1.24. The number of amides is 1. The molecule has 0 bridgehead atoms. The monoisotopic (exact) mass is 470 g/mol. The smallest absolute Gasteiger partial charge is 0.238 e. The fraction of sp³-hybridized carbons (Fsp3) is 0.238. The van der Waals surface area contributed by atoms with E-state index in [-0.39, 0.29) is 10.8 Å². The van der Waals surface area contributed by atoms with Crippen LogP contribution in [-0.4, -0.2) is 39.3 Å². The van der Waals surface area contributed by atoms with Crippen LogP contribution in [-0.2, 0) is 21.4 Å². The number of sulfonamides is 1. The topological polar surface area (TPSA) is 133 Å². The molecule has 3 N–H and O–H groups in total. The zero-order valence-corrected chi connectivity index (χ0v) is 19.2. The first kappa shape index (κ1) is 22.2. The Labute approximate surface area is 189 Å². The van der Waals surface area contributed by atoms with Crippen LogP contribution in [0.1, 0.15) is 20.3 Å². The maximum Gasteiger partial charge on any atom is 0.238 e. The normalized spacial score (nSPS) is 12.8. The number of carbonyl (C=O) groups is 1. The second-order valence-corrected chi connectivity index (χ2v) is 9.83. The van der Waals surface area contributed by atoms with E-state index in [0.29, 0.717) is 17.3 Å². The second-order valence-electron chi connectivity index (χ2n) is 7.10. The Bertz CT molecular complexity index is 1400. The van der Waals surface area contributed by atoms with Gasteiger partial charge in [-0.2, -0.15) is 0 Å². The van der Waals surface area contributed by atoms with Crippen LogP contribution >= 0.6 is 11.8 Å². The van der Waals surface area contributed by atoms with E-state index < -0.39 is 15.3 Å². The molecule has 9 nitrogen and oxygen atoms in total. The molecule has 1 unspecified atom stereocenters. The standard InChI is InChI=1S/C21H22N6O3S2/c1-3-17(20(28)23-13-9-11-14(12-10-13)32(22,29)30)31-21-24-19-18(25-26-21)15-7-5-6-8-16(15)27(19)4-2/h5-12,17H,3-4H2,1-2H3,(H,23,28)(H2,22,29,30). The van der Waals surface area contributed by atoms with Crippen LogP contribution in [0.3, 0.4) is 0 Å². The van der Waals surface area contributed by atoms with Crippen molar-refractivity contribution in [2.24, 2.45) is 5.14 Å². The second kappa shape index (κ2) is 8.85. The lowest BCUT2D eigenvalue weighted by molar-refractivity contribution is -0.115. The summed E-state index contributed by atoms with van der Waals surface area (Å²) in [7, 11) is -3.79. The predicted molar refractivity (Wildman–Crippen MR) is 125 cm³/mol. The fourth-order valence-electron chi connectivity index (χ4n) is 3.46. The number of para-hydroxylation sites is 1. The number of primary sulfonamides is 1. The average Bonchev–Trinajstić information content (AvgIpc) is 3.10. The molecule has 11 heteroatoms. The number of benzene rings is 2. The third kappa shape index (κ3) is 4.31. The van der Waals surface area contributed by atoms with Gasteiger partial charge >= 0.3 is 0 Å². The van der Waals surface area contributed by atoms with Crippen molar-refractivity contribution in [3.05, 3.63) is 48.5 Å². The molecule has 0 saturated carbocycles. The van der Waals surface area contributed by atoms with Crippen LogP contribution < -0.4 is 10.5 Å². The Morgan fingerprint density at radius 3 is 2.50 bits per heavy atom. The summed E-state index contributed by atoms with van der Waals surface area (Å²) in [5.74, 6) is -0.236. The molecule has 4 rings (SSSR count). The number of hydrogen-bond acceptors (Lipinski definition) is 7. The summed E-state index contributed by atoms with van der Waals surface area (Å²) in [4.78, 5) is 17.5. The van der Waals surface area contributed by atoms with E-state index >= 15 is 0 Å². The largest absolute Gasteiger partial charge is 0.325 e. The van der Waals surface area contributed by atoms with E-state index in [1.165, 1.54) is 36.0 Å². The van der Waals surface area contributed by atoms with Crippen LogP contribution in [0.15, 0.2) is 58.6 Å². The molecule has 1 atom stereocenters. The van der Waals surface area contributed by atoms with E-state index in [1.807, 2.05) is 38.1 Å². The number of rotatable bonds is 7. The molecule has 0 spiro atoms. The van der Waals surface area contributed by atoms with Crippen molar-refractivity contribution in [2.75, 3.05) is 5.32 Å². The van der Waals surface area contributed by atoms with Crippen LogP contribution in [0.5, 0.6) is 0 Å². The highest BCUT2D eigenvalue weighted by molar-refractivity contribution is 8.00. The van der Waals surface area contributed by atoms with E-state index in [1.54, 1.807) is 0 Å². The fourth-order valence-corrected chi connectivity index (χ4v) is 4.79. The quantitative estimate of drug-likeness (QED) is 0.396. The van der Waals surface area contributed by atoms with Gasteiger partial charge in [-0.3, -0.25) is 4.79 Å². The minimum Gasteiger partial charge on any atom is -0.325 e. The summed E-state index contributed by atoms with van der Waals surface area (Å²) < 4.78 is 24.9. The maximum absolute atomic E-state index is 12.8. The molecule has 0 radical (unpaired) electrons. The van der Waals surface area contributed by atoms with Crippen molar-refractivity contribution in [3.8, 4) is 0 Å². The van der Waals surface area contributed by atoms with E-state index in [0.717, 1.165) is 28.6 Å². The number of hydrogen-bond donors (Lipinski definition) is 2. The van der Waals surface area contributed by atoms with Gasteiger partial charge in [0.15, 0.2) is 5.65 Å². The number of thioether (sulfide) groups is 1. The lowest BCUT2D eigenvalue weighted by Crippen LogP contribution is -2.25. The minimum absolute atomic E-state index is 0.0176. The van der Waals surface area contributed by atoms with Crippen molar-refractivity contribution in [3.63, 3.8) is 0 Å². The average molecular weight is 471 g/mol. The van der Waals surface area contributed by atoms with Crippen molar-refractivity contribution in [2.45, 2.75) is 42.1 Å². The predicted octanol–water partition coefficient (Wildman–Crippen LogP) is 3.16. The highest BCUT2D eigenvalue weighted by atomic mass is 32.2. The summed E-state index contributed by atoms with van der Waals surface area (Å²) in [6, 6.07) is 13.7. The van der Waals surface area contributed by atoms with Gasteiger partial charge in [0.05, 0.1) is 15.7 Å². The van der Waals surface area contributed by atoms with Gasteiger partial charge in [-0.05, 0) is 43.7 Å². The van der Waals surface area contributed by atoms with Gasteiger partial charge in [0.25, 0.3) is 0 Å². The third-order valence-electron chi connectivity index (χ3n) is 5.03. The van der Waals surface area contributed by atoms with Crippen LogP contribution in [0.25, 0.3) is 22.1 Å². The first-order valence-electron chi connectivity index (χ1n) is 10.0. The Morgan fingerprint density at radius 2 is 1.84 bits per heavy atom. The van der Waals surface area contributed by atoms with Gasteiger partial charge < -0.3 is 9.88 Å². The highest BCUT2D eigenvalue weighted by Crippen LogP contribution is 2.29. The molecular formula is C21H22N6O3S2. The Kier molecular flexibility index (Phi) is 6.13. The first-order chi connectivity index (χ1) is 15.3. The van der Waals surface area contributed by atoms with Crippen molar-refractivity contribution < 1.29 is 13.2 Å². The molecule has 0 aliphatic rings. The minimum atomic E-state index is -3.79. The maximum atomic E-state index is 12.8. The van der Waals surface area contributed by atoms with E-state index in [4.69, 9.17) is 10.1 Å². The number of anilines is 1. The number of nitrogens with zero attached hydrogens (tertiary/aromatic N) is 4. The number of nitrogens with two attached hydrogens (primary N) is 1. The Hall–Kier alpha value is -3.02. The van der Waals surface area contributed by atoms with Crippen molar-refractivity contribution >= 4 is 55.4 Å². The number of carbonyl (C=O) groups excluding carboxylic acids is 1. The van der Waals surface area contributed by atoms with Crippen LogP contribution in [0.4, 0.5) is 5.69 Å². The van der Waals surface area contributed by atoms with Gasteiger partial charge in [0.2, 0.25) is 21.1 Å². The van der Waals surface area contributed by atoms with Crippen LogP contribution in [0.2, 0.25) is 0 Å². The molecule has 0 aliphatic carbocycles. The molecule has 1 amide bonds. The highest BCUT2D eigenvalue weighted by Gasteiger charge is 2.22. The Morgan fingerprint density at radius 1 is 1.12 bits per heavy atom. The van der Waals surface area contributed by atoms with E-state index in [9.17, 15) is 13.2 Å². The van der Waals surface area contributed by atoms with Crippen LogP contribution in [0, 0.1) is 0 Å². The molecule has 166 valence electrons. The summed E-state index contributed by atoms with van der Waals surface area (Å²) in [5.41, 5.74) is 2.99. The molecule has 0 fully saturated rings. The summed E-state index contributed by atoms with van der Waals surface area (Å²) in [5, 5.41) is 17.5. The SMILES string of the molecule is CCC(Sc1nnc2c3ccccc3n(CC)c2n1)C(=O)Nc1ccc(S(N)(=O)=O)cc1. The van der Waals surface area contributed by atoms with Gasteiger partial charge in [0, 0.05) is 17.6 Å². The zero-order valence-electron chi connectivity index (χ0n) is 17.5. The van der Waals surface area contributed by atoms with Crippen molar-refractivity contribution in [1.82, 2.24) is 19.7 Å². The van der Waals surface area contributed by atoms with Crippen molar-refractivity contribution in [1.29, 1.82) is 0 Å². The lowest BCUT2D eigenvalue weighted by Gasteiger charge is -2.14. The summed E-state index contributed by atoms with van der Waals surface area (Å²) in [6.45, 7) is 4.68. The molecule has 0 aliphatic heterocycles. The van der Waals surface area contributed by atoms with E-state index in [2.05, 4.69) is 20.1 Å². The molecule has 32 heavy (non-hydrogen) atoms. The van der Waals surface area contributed by atoms with Gasteiger partial charge in [0.1, 0.15) is 5.52 Å². The number of nitrogens with one attached hydrogen (secondary N) is 1. The zero-order chi connectivity index (χ0) is 22.9. The van der Waals surface area contributed by atoms with Gasteiger partial charge in [-0.15, -0.1) is 10.2 Å². The Balaban J connectivity index is 1.56. The molecular weight excluding hydrogens is 448 g/mol. The molecule has 0 saturated heterocycles. The molecule has 4 aromatic rings. The van der Waals surface area contributed by atoms with Gasteiger partial charge in [-0.25, -0.2) is 18.5 Å². The molecule has 2 heterocycles. The number of fused-ring (bicyclic) bond motifs is 3. The number of aryl methyl sites for hydroxylation is 1. The first-order valence-corrected chi connectivity index (χ1v) is 12.5. The molecule has 2 aromatic heterocycles. The summed E-state index contributed by atoms with van der Waals surface area (Å²) in [6.07, 6.45) is 0.546. The lowest BCUT2D eigenvalue weighted by atomic mass is 10.2.